The van der Waals surface area contributed by atoms with E-state index in [2.05, 4.69) is 5.32 Å². The Labute approximate surface area is 140 Å². The molecule has 0 spiro atoms. The van der Waals surface area contributed by atoms with Gasteiger partial charge < -0.3 is 14.8 Å². The van der Waals surface area contributed by atoms with E-state index >= 15 is 0 Å². The molecule has 24 heavy (non-hydrogen) atoms. The maximum absolute atomic E-state index is 12.4. The summed E-state index contributed by atoms with van der Waals surface area (Å²) in [5, 5.41) is 13.0. The van der Waals surface area contributed by atoms with Crippen molar-refractivity contribution in [3.63, 3.8) is 0 Å². The molecule has 0 radical (unpaired) electrons. The fraction of sp³-hybridized carbons (Fsp3) is 0.150. The molecule has 1 heterocycles. The number of phenols is 1. The van der Waals surface area contributed by atoms with E-state index in [1.165, 1.54) is 0 Å². The van der Waals surface area contributed by atoms with Gasteiger partial charge in [0, 0.05) is 17.9 Å². The Morgan fingerprint density at radius 1 is 1.00 bits per heavy atom. The Bertz CT molecular complexity index is 782. The van der Waals surface area contributed by atoms with Crippen LogP contribution in [0, 0.1) is 0 Å². The molecule has 2 aromatic carbocycles. The van der Waals surface area contributed by atoms with Crippen LogP contribution in [-0.4, -0.2) is 11.0 Å². The molecule has 4 heteroatoms. The van der Waals surface area contributed by atoms with Gasteiger partial charge in [-0.3, -0.25) is 4.79 Å². The molecular weight excluding hydrogens is 302 g/mol. The number of aromatic hydroxyl groups is 1. The second-order valence-corrected chi connectivity index (χ2v) is 5.58. The lowest BCUT2D eigenvalue weighted by atomic mass is 9.87. The zero-order valence-corrected chi connectivity index (χ0v) is 13.2. The van der Waals surface area contributed by atoms with Crippen molar-refractivity contribution >= 4 is 5.91 Å². The van der Waals surface area contributed by atoms with E-state index in [0.717, 1.165) is 11.1 Å². The minimum absolute atomic E-state index is 0.0940. The molecule has 1 atom stereocenters. The van der Waals surface area contributed by atoms with Crippen molar-refractivity contribution in [3.05, 3.63) is 89.9 Å². The number of hydrogen-bond acceptors (Lipinski definition) is 3. The minimum atomic E-state index is -0.205. The molecule has 122 valence electrons. The van der Waals surface area contributed by atoms with E-state index in [0.29, 0.717) is 12.3 Å². The number of phenolic OH excluding ortho intramolecular Hbond substituents is 1. The Kier molecular flexibility index (Phi) is 4.96. The number of furan rings is 1. The van der Waals surface area contributed by atoms with Crippen molar-refractivity contribution in [2.45, 2.75) is 18.9 Å². The van der Waals surface area contributed by atoms with Gasteiger partial charge in [0.2, 0.25) is 5.91 Å². The van der Waals surface area contributed by atoms with Gasteiger partial charge in [-0.2, -0.15) is 0 Å². The molecule has 3 aromatic rings. The summed E-state index contributed by atoms with van der Waals surface area (Å²) in [6.45, 7) is 0.355. The topological polar surface area (TPSA) is 62.5 Å². The highest BCUT2D eigenvalue weighted by molar-refractivity contribution is 5.77. The van der Waals surface area contributed by atoms with Gasteiger partial charge >= 0.3 is 0 Å². The molecule has 0 saturated heterocycles. The summed E-state index contributed by atoms with van der Waals surface area (Å²) in [7, 11) is 0. The smallest absolute Gasteiger partial charge is 0.221 e. The van der Waals surface area contributed by atoms with Crippen LogP contribution in [0.1, 0.15) is 29.2 Å². The van der Waals surface area contributed by atoms with E-state index in [4.69, 9.17) is 4.42 Å². The zero-order chi connectivity index (χ0) is 16.8. The number of rotatable bonds is 6. The van der Waals surface area contributed by atoms with Gasteiger partial charge in [-0.25, -0.2) is 0 Å². The summed E-state index contributed by atoms with van der Waals surface area (Å²) in [5.74, 6) is 0.611. The highest BCUT2D eigenvalue weighted by atomic mass is 16.3. The summed E-state index contributed by atoms with van der Waals surface area (Å²) in [6.07, 6.45) is 1.83. The summed E-state index contributed by atoms with van der Waals surface area (Å²) < 4.78 is 5.22. The quantitative estimate of drug-likeness (QED) is 0.725. The maximum Gasteiger partial charge on any atom is 0.221 e. The maximum atomic E-state index is 12.4. The first-order valence-electron chi connectivity index (χ1n) is 7.86. The standard InChI is InChI=1S/C20H19NO3/c22-19-11-5-4-10-17(19)18(15-7-2-1-3-8-15)13-20(23)21-14-16-9-6-12-24-16/h1-12,18,22H,13-14H2,(H,21,23)/t18-/m0/s1. The summed E-state index contributed by atoms with van der Waals surface area (Å²) in [4.78, 5) is 12.4. The van der Waals surface area contributed by atoms with Crippen molar-refractivity contribution in [2.24, 2.45) is 0 Å². The molecule has 1 aromatic heterocycles. The van der Waals surface area contributed by atoms with Crippen LogP contribution in [0.15, 0.2) is 77.4 Å². The number of para-hydroxylation sites is 1. The van der Waals surface area contributed by atoms with E-state index in [-0.39, 0.29) is 24.0 Å². The van der Waals surface area contributed by atoms with Crippen LogP contribution in [0.4, 0.5) is 0 Å². The SMILES string of the molecule is O=C(C[C@@H](c1ccccc1)c1ccccc1O)NCc1ccco1. The molecule has 0 aliphatic heterocycles. The van der Waals surface area contributed by atoms with Crippen LogP contribution in [0.2, 0.25) is 0 Å². The number of hydrogen-bond donors (Lipinski definition) is 2. The summed E-state index contributed by atoms with van der Waals surface area (Å²) >= 11 is 0. The second-order valence-electron chi connectivity index (χ2n) is 5.58. The van der Waals surface area contributed by atoms with Crippen molar-refractivity contribution in [1.29, 1.82) is 0 Å². The number of carbonyl (C=O) groups is 1. The van der Waals surface area contributed by atoms with Crippen LogP contribution in [0.25, 0.3) is 0 Å². The molecule has 0 aliphatic rings. The van der Waals surface area contributed by atoms with Crippen LogP contribution in [0.3, 0.4) is 0 Å². The van der Waals surface area contributed by atoms with Crippen LogP contribution in [0.5, 0.6) is 5.75 Å². The first-order valence-corrected chi connectivity index (χ1v) is 7.86. The van der Waals surface area contributed by atoms with E-state index in [9.17, 15) is 9.90 Å². The fourth-order valence-electron chi connectivity index (χ4n) is 2.73. The average Bonchev–Trinajstić information content (AvgIpc) is 3.13. The number of nitrogens with one attached hydrogen (secondary N) is 1. The van der Waals surface area contributed by atoms with Crippen LogP contribution < -0.4 is 5.32 Å². The third-order valence-electron chi connectivity index (χ3n) is 3.94. The number of carbonyl (C=O) groups excluding carboxylic acids is 1. The minimum Gasteiger partial charge on any atom is -0.508 e. The summed E-state index contributed by atoms with van der Waals surface area (Å²) in [5.41, 5.74) is 1.74. The van der Waals surface area contributed by atoms with Gasteiger partial charge in [0.25, 0.3) is 0 Å². The predicted molar refractivity (Wildman–Crippen MR) is 91.6 cm³/mol. The first kappa shape index (κ1) is 15.9. The normalized spacial score (nSPS) is 11.8. The molecule has 1 amide bonds. The van der Waals surface area contributed by atoms with Crippen molar-refractivity contribution in [1.82, 2.24) is 5.32 Å². The molecule has 0 unspecified atom stereocenters. The predicted octanol–water partition coefficient (Wildman–Crippen LogP) is 3.82. The first-order chi connectivity index (χ1) is 11.7. The van der Waals surface area contributed by atoms with Gasteiger partial charge in [-0.1, -0.05) is 48.5 Å². The lowest BCUT2D eigenvalue weighted by molar-refractivity contribution is -0.121. The van der Waals surface area contributed by atoms with Crippen molar-refractivity contribution in [2.75, 3.05) is 0 Å². The third-order valence-corrected chi connectivity index (χ3v) is 3.94. The van der Waals surface area contributed by atoms with Crippen LogP contribution >= 0.6 is 0 Å². The largest absolute Gasteiger partial charge is 0.508 e. The number of amides is 1. The van der Waals surface area contributed by atoms with Gasteiger partial charge in [0.1, 0.15) is 11.5 Å². The highest BCUT2D eigenvalue weighted by Crippen LogP contribution is 2.33. The van der Waals surface area contributed by atoms with E-state index < -0.39 is 0 Å². The molecule has 0 saturated carbocycles. The molecular formula is C20H19NO3. The Hall–Kier alpha value is -3.01. The molecule has 0 fully saturated rings. The molecule has 0 aliphatic carbocycles. The third kappa shape index (κ3) is 3.84. The fourth-order valence-corrected chi connectivity index (χ4v) is 2.73. The summed E-state index contributed by atoms with van der Waals surface area (Å²) in [6, 6.07) is 20.5. The Balaban J connectivity index is 1.78. The monoisotopic (exact) mass is 321 g/mol. The average molecular weight is 321 g/mol. The second kappa shape index (κ2) is 7.51. The lowest BCUT2D eigenvalue weighted by Gasteiger charge is -2.18. The van der Waals surface area contributed by atoms with Gasteiger partial charge in [-0.15, -0.1) is 0 Å². The van der Waals surface area contributed by atoms with Gasteiger partial charge in [-0.05, 0) is 23.8 Å². The lowest BCUT2D eigenvalue weighted by Crippen LogP contribution is -2.24. The van der Waals surface area contributed by atoms with E-state index in [1.54, 1.807) is 24.5 Å². The highest BCUT2D eigenvalue weighted by Gasteiger charge is 2.20. The Morgan fingerprint density at radius 2 is 1.75 bits per heavy atom. The zero-order valence-electron chi connectivity index (χ0n) is 13.2. The van der Waals surface area contributed by atoms with E-state index in [1.807, 2.05) is 48.5 Å². The van der Waals surface area contributed by atoms with Crippen molar-refractivity contribution in [3.8, 4) is 5.75 Å². The van der Waals surface area contributed by atoms with Crippen molar-refractivity contribution < 1.29 is 14.3 Å². The molecule has 2 N–H and O–H groups in total. The van der Waals surface area contributed by atoms with Gasteiger partial charge in [0.05, 0.1) is 12.8 Å². The van der Waals surface area contributed by atoms with Crippen LogP contribution in [-0.2, 0) is 11.3 Å². The Morgan fingerprint density at radius 3 is 2.46 bits per heavy atom. The molecule has 3 rings (SSSR count). The molecule has 0 bridgehead atoms. The molecule has 4 nitrogen and oxygen atoms in total. The number of benzene rings is 2. The van der Waals surface area contributed by atoms with Gasteiger partial charge in [0.15, 0.2) is 0 Å².